The summed E-state index contributed by atoms with van der Waals surface area (Å²) >= 11 is 0. The van der Waals surface area contributed by atoms with E-state index in [1.165, 1.54) is 6.07 Å². The highest BCUT2D eigenvalue weighted by atomic mass is 32.2. The van der Waals surface area contributed by atoms with Crippen molar-refractivity contribution in [1.82, 2.24) is 14.5 Å². The maximum atomic E-state index is 11.4. The standard InChI is InChI=1S/C12H11N3O3S/c1-15-8-4-3-7-13-11(8)14-12(15)9-5-6-10(18-9)19(2,16)17/h3-7H,1-2H3. The van der Waals surface area contributed by atoms with Gasteiger partial charge in [0.1, 0.15) is 0 Å². The monoisotopic (exact) mass is 277 g/mol. The number of fused-ring (bicyclic) bond motifs is 1. The van der Waals surface area contributed by atoms with Crippen molar-refractivity contribution in [2.45, 2.75) is 5.09 Å². The fourth-order valence-corrected chi connectivity index (χ4v) is 2.44. The van der Waals surface area contributed by atoms with Crippen LogP contribution in [0.25, 0.3) is 22.7 Å². The van der Waals surface area contributed by atoms with Gasteiger partial charge in [-0.05, 0) is 24.3 Å². The van der Waals surface area contributed by atoms with Gasteiger partial charge in [-0.1, -0.05) is 0 Å². The van der Waals surface area contributed by atoms with Crippen LogP contribution >= 0.6 is 0 Å². The molecule has 0 aliphatic carbocycles. The molecular weight excluding hydrogens is 266 g/mol. The van der Waals surface area contributed by atoms with Gasteiger partial charge in [0.15, 0.2) is 17.2 Å². The van der Waals surface area contributed by atoms with Crippen LogP contribution in [0.2, 0.25) is 0 Å². The van der Waals surface area contributed by atoms with Crippen LogP contribution in [0.5, 0.6) is 0 Å². The fourth-order valence-electron chi connectivity index (χ4n) is 1.89. The third kappa shape index (κ3) is 1.91. The van der Waals surface area contributed by atoms with E-state index in [0.717, 1.165) is 11.8 Å². The van der Waals surface area contributed by atoms with E-state index in [-0.39, 0.29) is 5.09 Å². The number of aryl methyl sites for hydroxylation is 1. The van der Waals surface area contributed by atoms with Crippen molar-refractivity contribution >= 4 is 21.0 Å². The van der Waals surface area contributed by atoms with Gasteiger partial charge < -0.3 is 8.98 Å². The zero-order valence-electron chi connectivity index (χ0n) is 10.4. The van der Waals surface area contributed by atoms with E-state index in [2.05, 4.69) is 9.97 Å². The number of sulfone groups is 1. The van der Waals surface area contributed by atoms with Gasteiger partial charge in [-0.25, -0.2) is 18.4 Å². The van der Waals surface area contributed by atoms with Crippen molar-refractivity contribution in [2.75, 3.05) is 6.26 Å². The number of nitrogens with zero attached hydrogens (tertiary/aromatic N) is 3. The molecule has 6 nitrogen and oxygen atoms in total. The van der Waals surface area contributed by atoms with Crippen LogP contribution in [0.4, 0.5) is 0 Å². The van der Waals surface area contributed by atoms with E-state index in [1.807, 2.05) is 23.7 Å². The van der Waals surface area contributed by atoms with Gasteiger partial charge in [0, 0.05) is 19.5 Å². The second kappa shape index (κ2) is 3.92. The van der Waals surface area contributed by atoms with Crippen LogP contribution < -0.4 is 0 Å². The Balaban J connectivity index is 2.20. The smallest absolute Gasteiger partial charge is 0.218 e. The van der Waals surface area contributed by atoms with Gasteiger partial charge in [0.2, 0.25) is 14.9 Å². The Hall–Kier alpha value is -2.15. The summed E-state index contributed by atoms with van der Waals surface area (Å²) in [4.78, 5) is 8.49. The summed E-state index contributed by atoms with van der Waals surface area (Å²) in [6, 6.07) is 6.73. The van der Waals surface area contributed by atoms with Crippen molar-refractivity contribution in [2.24, 2.45) is 7.05 Å². The number of hydrogen-bond donors (Lipinski definition) is 0. The van der Waals surface area contributed by atoms with Crippen molar-refractivity contribution in [3.05, 3.63) is 30.5 Å². The Kier molecular flexibility index (Phi) is 2.46. The van der Waals surface area contributed by atoms with E-state index in [4.69, 9.17) is 4.42 Å². The number of imidazole rings is 1. The average Bonchev–Trinajstić information content (AvgIpc) is 2.94. The molecule has 3 aromatic rings. The van der Waals surface area contributed by atoms with Gasteiger partial charge in [-0.2, -0.15) is 0 Å². The largest absolute Gasteiger partial charge is 0.441 e. The lowest BCUT2D eigenvalue weighted by Crippen LogP contribution is -1.94. The molecule has 98 valence electrons. The van der Waals surface area contributed by atoms with E-state index >= 15 is 0 Å². The van der Waals surface area contributed by atoms with Gasteiger partial charge in [0.05, 0.1) is 5.52 Å². The van der Waals surface area contributed by atoms with E-state index in [1.54, 1.807) is 12.3 Å². The Morgan fingerprint density at radius 3 is 2.68 bits per heavy atom. The molecule has 3 heterocycles. The summed E-state index contributed by atoms with van der Waals surface area (Å²) < 4.78 is 30.0. The summed E-state index contributed by atoms with van der Waals surface area (Å²) in [6.45, 7) is 0. The highest BCUT2D eigenvalue weighted by molar-refractivity contribution is 7.90. The molecule has 0 bridgehead atoms. The molecule has 19 heavy (non-hydrogen) atoms. The quantitative estimate of drug-likeness (QED) is 0.711. The van der Waals surface area contributed by atoms with Crippen LogP contribution in [-0.2, 0) is 16.9 Å². The second-order valence-electron chi connectivity index (χ2n) is 4.23. The third-order valence-corrected chi connectivity index (χ3v) is 3.77. The molecule has 0 aromatic carbocycles. The first kappa shape index (κ1) is 11.9. The van der Waals surface area contributed by atoms with E-state index in [0.29, 0.717) is 17.2 Å². The average molecular weight is 277 g/mol. The third-order valence-electron chi connectivity index (χ3n) is 2.82. The van der Waals surface area contributed by atoms with Crippen molar-refractivity contribution < 1.29 is 12.8 Å². The number of furan rings is 1. The van der Waals surface area contributed by atoms with Crippen LogP contribution in [0.15, 0.2) is 40.0 Å². The molecular formula is C12H11N3O3S. The summed E-state index contributed by atoms with van der Waals surface area (Å²) in [5, 5.41) is -0.0671. The molecule has 0 saturated heterocycles. The SMILES string of the molecule is Cn1c(-c2ccc(S(C)(=O)=O)o2)nc2ncccc21. The zero-order chi connectivity index (χ0) is 13.6. The van der Waals surface area contributed by atoms with Gasteiger partial charge in [0.25, 0.3) is 0 Å². The van der Waals surface area contributed by atoms with Crippen LogP contribution in [0.3, 0.4) is 0 Å². The molecule has 0 saturated carbocycles. The lowest BCUT2D eigenvalue weighted by Gasteiger charge is -1.98. The molecule has 0 aliphatic heterocycles. The first-order valence-corrected chi connectivity index (χ1v) is 7.43. The first-order valence-electron chi connectivity index (χ1n) is 5.54. The molecule has 0 unspecified atom stereocenters. The molecule has 7 heteroatoms. The Bertz CT molecular complexity index is 861. The predicted molar refractivity (Wildman–Crippen MR) is 69.3 cm³/mol. The molecule has 0 fully saturated rings. The molecule has 3 rings (SSSR count). The lowest BCUT2D eigenvalue weighted by atomic mass is 10.4. The summed E-state index contributed by atoms with van der Waals surface area (Å²) in [5.41, 5.74) is 1.45. The van der Waals surface area contributed by atoms with E-state index in [9.17, 15) is 8.42 Å². The normalized spacial score (nSPS) is 12.1. The molecule has 0 aliphatic rings. The Labute approximate surface area is 109 Å². The minimum absolute atomic E-state index is 0.0671. The van der Waals surface area contributed by atoms with Crippen LogP contribution in [0.1, 0.15) is 0 Å². The minimum atomic E-state index is -3.35. The van der Waals surface area contributed by atoms with E-state index < -0.39 is 9.84 Å². The Morgan fingerprint density at radius 1 is 1.26 bits per heavy atom. The van der Waals surface area contributed by atoms with Gasteiger partial charge >= 0.3 is 0 Å². The highest BCUT2D eigenvalue weighted by Crippen LogP contribution is 2.25. The highest BCUT2D eigenvalue weighted by Gasteiger charge is 2.17. The zero-order valence-corrected chi connectivity index (χ0v) is 11.2. The number of aromatic nitrogens is 3. The van der Waals surface area contributed by atoms with Gasteiger partial charge in [-0.3, -0.25) is 0 Å². The second-order valence-corrected chi connectivity index (χ2v) is 6.18. The molecule has 0 spiro atoms. The Morgan fingerprint density at radius 2 is 2.05 bits per heavy atom. The first-order chi connectivity index (χ1) is 8.97. The predicted octanol–water partition coefficient (Wildman–Crippen LogP) is 1.63. The fraction of sp³-hybridized carbons (Fsp3) is 0.167. The molecule has 3 aromatic heterocycles. The molecule has 0 amide bonds. The number of rotatable bonds is 2. The number of pyridine rings is 1. The van der Waals surface area contributed by atoms with Crippen LogP contribution in [0, 0.1) is 0 Å². The molecule has 0 radical (unpaired) electrons. The van der Waals surface area contributed by atoms with Gasteiger partial charge in [-0.15, -0.1) is 0 Å². The number of hydrogen-bond acceptors (Lipinski definition) is 5. The van der Waals surface area contributed by atoms with Crippen molar-refractivity contribution in [3.8, 4) is 11.6 Å². The van der Waals surface area contributed by atoms with Crippen LogP contribution in [-0.4, -0.2) is 29.2 Å². The summed E-state index contributed by atoms with van der Waals surface area (Å²) in [5.74, 6) is 0.949. The maximum absolute atomic E-state index is 11.4. The topological polar surface area (TPSA) is 78.0 Å². The molecule has 0 N–H and O–H groups in total. The van der Waals surface area contributed by atoms with Crippen molar-refractivity contribution in [1.29, 1.82) is 0 Å². The minimum Gasteiger partial charge on any atom is -0.441 e. The molecule has 0 atom stereocenters. The van der Waals surface area contributed by atoms with Crippen molar-refractivity contribution in [3.63, 3.8) is 0 Å². The summed E-state index contributed by atoms with van der Waals surface area (Å²) in [7, 11) is -1.52. The lowest BCUT2D eigenvalue weighted by molar-refractivity contribution is 0.459. The summed E-state index contributed by atoms with van der Waals surface area (Å²) in [6.07, 6.45) is 2.76. The maximum Gasteiger partial charge on any atom is 0.218 e.